The molecule has 7 nitrogen and oxygen atoms in total. The van der Waals surface area contributed by atoms with E-state index in [0.717, 1.165) is 28.4 Å². The van der Waals surface area contributed by atoms with Crippen molar-refractivity contribution in [2.45, 2.75) is 12.5 Å². The number of hydrogen-bond donors (Lipinski definition) is 1. The van der Waals surface area contributed by atoms with E-state index in [1.165, 1.54) is 0 Å². The highest BCUT2D eigenvalue weighted by Gasteiger charge is 2.62. The number of fused-ring (bicyclic) bond motifs is 4. The first-order valence-electron chi connectivity index (χ1n) is 9.82. The Labute approximate surface area is 178 Å². The van der Waals surface area contributed by atoms with E-state index in [-0.39, 0.29) is 12.5 Å². The summed E-state index contributed by atoms with van der Waals surface area (Å²) in [6.45, 7) is 0.755. The van der Waals surface area contributed by atoms with E-state index in [4.69, 9.17) is 4.74 Å². The second-order valence-corrected chi connectivity index (χ2v) is 8.81. The zero-order valence-corrected chi connectivity index (χ0v) is 17.3. The summed E-state index contributed by atoms with van der Waals surface area (Å²) < 4.78 is 5.18. The third-order valence-electron chi connectivity index (χ3n) is 6.21. The third kappa shape index (κ3) is 2.63. The van der Waals surface area contributed by atoms with Crippen molar-refractivity contribution in [3.8, 4) is 5.75 Å². The summed E-state index contributed by atoms with van der Waals surface area (Å²) >= 11 is 1.74. The van der Waals surface area contributed by atoms with Crippen molar-refractivity contribution in [1.82, 2.24) is 5.32 Å². The number of barbiturate groups is 1. The maximum Gasteiger partial charge on any atom is 0.335 e. The van der Waals surface area contributed by atoms with Crippen molar-refractivity contribution < 1.29 is 19.1 Å². The molecule has 154 valence electrons. The Bertz CT molecular complexity index is 1040. The van der Waals surface area contributed by atoms with Gasteiger partial charge in [0, 0.05) is 23.7 Å². The van der Waals surface area contributed by atoms with Gasteiger partial charge in [-0.2, -0.15) is 11.8 Å². The van der Waals surface area contributed by atoms with Crippen LogP contribution in [0.15, 0.2) is 48.5 Å². The molecule has 0 unspecified atom stereocenters. The molecule has 8 heteroatoms. The average molecular weight is 423 g/mol. The van der Waals surface area contributed by atoms with Gasteiger partial charge in [-0.25, -0.2) is 9.69 Å². The fourth-order valence-electron chi connectivity index (χ4n) is 4.73. The molecular formula is C22H21N3O4S. The van der Waals surface area contributed by atoms with Crippen molar-refractivity contribution >= 4 is 41.0 Å². The van der Waals surface area contributed by atoms with Gasteiger partial charge in [0.25, 0.3) is 5.91 Å². The molecule has 0 aliphatic carbocycles. The standard InChI is InChI=1S/C22H21N3O4S/c1-29-16-8-6-15(7-9-16)25-20(27)22(19(26)23-21(25)28)12-14-4-2-3-5-17(14)24-10-11-30-13-18(22)24/h2-9,18H,10-13H2,1H3,(H,23,26,28)/t18-,22+/m0/s1. The number of imide groups is 2. The van der Waals surface area contributed by atoms with Gasteiger partial charge in [0.1, 0.15) is 5.75 Å². The number of nitrogens with zero attached hydrogens (tertiary/aromatic N) is 2. The van der Waals surface area contributed by atoms with Crippen LogP contribution in [0.5, 0.6) is 5.75 Å². The van der Waals surface area contributed by atoms with Gasteiger partial charge in [0.2, 0.25) is 5.91 Å². The van der Waals surface area contributed by atoms with Gasteiger partial charge in [0.05, 0.1) is 18.8 Å². The minimum atomic E-state index is -1.35. The van der Waals surface area contributed by atoms with Crippen molar-refractivity contribution in [3.05, 3.63) is 54.1 Å². The van der Waals surface area contributed by atoms with E-state index in [9.17, 15) is 14.4 Å². The summed E-state index contributed by atoms with van der Waals surface area (Å²) in [6.07, 6.45) is 0.273. The minimum absolute atomic E-state index is 0.273. The van der Waals surface area contributed by atoms with Crippen LogP contribution in [0.3, 0.4) is 0 Å². The monoisotopic (exact) mass is 423 g/mol. The number of anilines is 2. The van der Waals surface area contributed by atoms with Crippen molar-refractivity contribution in [2.75, 3.05) is 35.0 Å². The van der Waals surface area contributed by atoms with Crippen LogP contribution in [0.4, 0.5) is 16.2 Å². The molecule has 5 rings (SSSR count). The van der Waals surface area contributed by atoms with Gasteiger partial charge in [-0.1, -0.05) is 18.2 Å². The summed E-state index contributed by atoms with van der Waals surface area (Å²) in [5.74, 6) is 1.23. The van der Waals surface area contributed by atoms with Crippen LogP contribution in [0, 0.1) is 5.41 Å². The molecule has 2 aromatic carbocycles. The van der Waals surface area contributed by atoms with Crippen LogP contribution in [0.1, 0.15) is 5.56 Å². The Morgan fingerprint density at radius 2 is 1.87 bits per heavy atom. The lowest BCUT2D eigenvalue weighted by molar-refractivity contribution is -0.144. The van der Waals surface area contributed by atoms with E-state index in [1.807, 2.05) is 24.3 Å². The zero-order chi connectivity index (χ0) is 20.9. The summed E-state index contributed by atoms with van der Waals surface area (Å²) in [6, 6.07) is 13.6. The van der Waals surface area contributed by atoms with Gasteiger partial charge in [0.15, 0.2) is 5.41 Å². The molecule has 30 heavy (non-hydrogen) atoms. The van der Waals surface area contributed by atoms with E-state index in [2.05, 4.69) is 10.2 Å². The number of nitrogens with one attached hydrogen (secondary N) is 1. The molecule has 1 N–H and O–H groups in total. The fraction of sp³-hybridized carbons (Fsp3) is 0.318. The average Bonchev–Trinajstić information content (AvgIpc) is 2.78. The molecular weight excluding hydrogens is 402 g/mol. The van der Waals surface area contributed by atoms with Crippen LogP contribution in [0.2, 0.25) is 0 Å². The summed E-state index contributed by atoms with van der Waals surface area (Å²) in [5, 5.41) is 2.47. The number of hydrogen-bond acceptors (Lipinski definition) is 6. The molecule has 3 heterocycles. The highest BCUT2D eigenvalue weighted by Crippen LogP contribution is 2.47. The first kappa shape index (κ1) is 19.0. The van der Waals surface area contributed by atoms with Gasteiger partial charge >= 0.3 is 6.03 Å². The first-order valence-corrected chi connectivity index (χ1v) is 11.0. The molecule has 1 spiro atoms. The number of rotatable bonds is 2. The van der Waals surface area contributed by atoms with Gasteiger partial charge < -0.3 is 9.64 Å². The van der Waals surface area contributed by atoms with Gasteiger partial charge in [-0.3, -0.25) is 14.9 Å². The number of urea groups is 1. The topological polar surface area (TPSA) is 79.0 Å². The molecule has 0 saturated carbocycles. The van der Waals surface area contributed by atoms with E-state index < -0.39 is 23.3 Å². The molecule has 0 aromatic heterocycles. The fourth-order valence-corrected chi connectivity index (χ4v) is 5.91. The molecule has 2 aromatic rings. The number of carbonyl (C=O) groups is 3. The molecule has 3 aliphatic heterocycles. The van der Waals surface area contributed by atoms with Crippen molar-refractivity contribution in [2.24, 2.45) is 5.41 Å². The highest BCUT2D eigenvalue weighted by molar-refractivity contribution is 7.99. The smallest absolute Gasteiger partial charge is 0.335 e. The van der Waals surface area contributed by atoms with Crippen molar-refractivity contribution in [3.63, 3.8) is 0 Å². The van der Waals surface area contributed by atoms with Crippen LogP contribution in [-0.4, -0.2) is 49.0 Å². The normalized spacial score (nSPS) is 25.6. The van der Waals surface area contributed by atoms with E-state index >= 15 is 0 Å². The molecule has 0 radical (unpaired) electrons. The first-order chi connectivity index (χ1) is 14.6. The van der Waals surface area contributed by atoms with Crippen LogP contribution < -0.4 is 19.9 Å². The number of para-hydroxylation sites is 1. The molecule has 0 bridgehead atoms. The largest absolute Gasteiger partial charge is 0.497 e. The Hall–Kier alpha value is -3.00. The second kappa shape index (κ2) is 7.05. The van der Waals surface area contributed by atoms with E-state index in [0.29, 0.717) is 17.2 Å². The molecule has 4 amide bonds. The van der Waals surface area contributed by atoms with Crippen molar-refractivity contribution in [1.29, 1.82) is 0 Å². The van der Waals surface area contributed by atoms with Gasteiger partial charge in [-0.05, 0) is 42.3 Å². The highest BCUT2D eigenvalue weighted by atomic mass is 32.2. The Morgan fingerprint density at radius 3 is 2.63 bits per heavy atom. The molecule has 2 fully saturated rings. The molecule has 3 aliphatic rings. The summed E-state index contributed by atoms with van der Waals surface area (Å²) in [7, 11) is 1.55. The number of amides is 4. The second-order valence-electron chi connectivity index (χ2n) is 7.66. The number of methoxy groups -OCH3 is 1. The predicted molar refractivity (Wildman–Crippen MR) is 115 cm³/mol. The summed E-state index contributed by atoms with van der Waals surface area (Å²) in [5.41, 5.74) is 1.09. The van der Waals surface area contributed by atoms with Crippen LogP contribution >= 0.6 is 11.8 Å². The zero-order valence-electron chi connectivity index (χ0n) is 16.5. The lowest BCUT2D eigenvalue weighted by Crippen LogP contribution is -2.73. The quantitative estimate of drug-likeness (QED) is 0.748. The molecule has 2 saturated heterocycles. The Kier molecular flexibility index (Phi) is 4.47. The maximum atomic E-state index is 13.9. The van der Waals surface area contributed by atoms with Crippen LogP contribution in [-0.2, 0) is 16.0 Å². The Morgan fingerprint density at radius 1 is 1.10 bits per heavy atom. The lowest BCUT2D eigenvalue weighted by Gasteiger charge is -2.53. The summed E-state index contributed by atoms with van der Waals surface area (Å²) in [4.78, 5) is 43.2. The predicted octanol–water partition coefficient (Wildman–Crippen LogP) is 2.44. The maximum absolute atomic E-state index is 13.9. The number of thioether (sulfide) groups is 1. The number of benzene rings is 2. The SMILES string of the molecule is COc1ccc(N2C(=O)NC(=O)[C@]3(Cc4ccccc4N4CCSC[C@H]43)C2=O)cc1. The van der Waals surface area contributed by atoms with E-state index in [1.54, 1.807) is 43.1 Å². The number of carbonyl (C=O) groups excluding carboxylic acids is 3. The lowest BCUT2D eigenvalue weighted by atomic mass is 9.69. The third-order valence-corrected chi connectivity index (χ3v) is 7.23. The number of ether oxygens (including phenoxy) is 1. The minimum Gasteiger partial charge on any atom is -0.497 e. The van der Waals surface area contributed by atoms with Crippen LogP contribution in [0.25, 0.3) is 0 Å². The molecule has 2 atom stereocenters. The van der Waals surface area contributed by atoms with Gasteiger partial charge in [-0.15, -0.1) is 0 Å². The Balaban J connectivity index is 1.63.